The number of nitriles is 1. The number of nitrogen functional groups attached to an aromatic ring is 2. The lowest BCUT2D eigenvalue weighted by Crippen LogP contribution is -2.45. The van der Waals surface area contributed by atoms with Crippen LogP contribution in [0.25, 0.3) is 0 Å². The molecular weight excluding hydrogens is 998 g/mol. The van der Waals surface area contributed by atoms with Gasteiger partial charge in [-0.2, -0.15) is 10.2 Å². The zero-order valence-electron chi connectivity index (χ0n) is 42.0. The number of ether oxygens (including phenoxy) is 4. The lowest BCUT2D eigenvalue weighted by atomic mass is 9.62. The SMILES string of the molecule is CCc1nc(N)nc(N)c1OCCCOc1ccc(OCCCCCNC(=O)c2ccc(NC(=O)C3N[C@@H](CC(C)(C)C)[C@](C#N)(c4ccc(Cl)cc4F)[C@H]3c3cccc(Cl)c3F)c(OC)c2)cc1CCC(=O)O. The number of rotatable bonds is 24. The molecule has 2 heterocycles. The summed E-state index contributed by atoms with van der Waals surface area (Å²) in [5.41, 5.74) is 11.1. The van der Waals surface area contributed by atoms with E-state index in [2.05, 4.69) is 32.0 Å². The number of benzene rings is 4. The van der Waals surface area contributed by atoms with Crippen molar-refractivity contribution in [2.45, 2.75) is 102 Å². The topological polar surface area (TPSA) is 246 Å². The molecule has 0 spiro atoms. The van der Waals surface area contributed by atoms with Crippen molar-refractivity contribution in [2.24, 2.45) is 5.41 Å². The summed E-state index contributed by atoms with van der Waals surface area (Å²) in [6.45, 7) is 9.06. The van der Waals surface area contributed by atoms with Crippen LogP contribution in [-0.2, 0) is 27.8 Å². The maximum Gasteiger partial charge on any atom is 0.303 e. The number of nitrogens with one attached hydrogen (secondary N) is 3. The molecular formula is C54H62Cl2F2N8O8. The minimum Gasteiger partial charge on any atom is -0.495 e. The van der Waals surface area contributed by atoms with Crippen molar-refractivity contribution in [3.8, 4) is 29.1 Å². The van der Waals surface area contributed by atoms with Crippen molar-refractivity contribution in [3.05, 3.63) is 122 Å². The van der Waals surface area contributed by atoms with E-state index in [9.17, 15) is 24.8 Å². The largest absolute Gasteiger partial charge is 0.495 e. The van der Waals surface area contributed by atoms with Crippen LogP contribution >= 0.6 is 23.2 Å². The monoisotopic (exact) mass is 1060 g/mol. The van der Waals surface area contributed by atoms with Gasteiger partial charge in [-0.1, -0.05) is 69.1 Å². The van der Waals surface area contributed by atoms with Crippen LogP contribution in [0.3, 0.4) is 0 Å². The number of aromatic nitrogens is 2. The Morgan fingerprint density at radius 1 is 0.919 bits per heavy atom. The first-order chi connectivity index (χ1) is 35.3. The third kappa shape index (κ3) is 13.8. The third-order valence-corrected chi connectivity index (χ3v) is 13.1. The van der Waals surface area contributed by atoms with E-state index in [1.165, 1.54) is 55.6 Å². The summed E-state index contributed by atoms with van der Waals surface area (Å²) in [4.78, 5) is 47.4. The molecule has 1 saturated heterocycles. The molecule has 74 heavy (non-hydrogen) atoms. The van der Waals surface area contributed by atoms with E-state index in [1.807, 2.05) is 27.7 Å². The van der Waals surface area contributed by atoms with E-state index in [4.69, 9.17) is 53.6 Å². The van der Waals surface area contributed by atoms with Crippen molar-refractivity contribution in [3.63, 3.8) is 0 Å². The molecule has 0 aliphatic carbocycles. The minimum absolute atomic E-state index is 0.0503. The van der Waals surface area contributed by atoms with Gasteiger partial charge in [0.25, 0.3) is 5.91 Å². The van der Waals surface area contributed by atoms with Gasteiger partial charge in [-0.15, -0.1) is 0 Å². The highest BCUT2D eigenvalue weighted by Crippen LogP contribution is 2.53. The van der Waals surface area contributed by atoms with E-state index in [0.29, 0.717) is 73.9 Å². The van der Waals surface area contributed by atoms with Gasteiger partial charge < -0.3 is 51.5 Å². The summed E-state index contributed by atoms with van der Waals surface area (Å²) in [5, 5.41) is 29.5. The molecule has 4 atom stereocenters. The van der Waals surface area contributed by atoms with Crippen LogP contribution in [-0.4, -0.2) is 78.4 Å². The zero-order valence-corrected chi connectivity index (χ0v) is 43.5. The lowest BCUT2D eigenvalue weighted by molar-refractivity contribution is -0.137. The summed E-state index contributed by atoms with van der Waals surface area (Å²) in [6, 6.07) is 18.2. The van der Waals surface area contributed by atoms with Crippen LogP contribution in [0.5, 0.6) is 23.0 Å². The van der Waals surface area contributed by atoms with E-state index < -0.39 is 52.3 Å². The van der Waals surface area contributed by atoms with Crippen molar-refractivity contribution >= 4 is 58.4 Å². The van der Waals surface area contributed by atoms with Gasteiger partial charge in [0.1, 0.15) is 34.3 Å². The van der Waals surface area contributed by atoms with Gasteiger partial charge >= 0.3 is 5.97 Å². The highest BCUT2D eigenvalue weighted by molar-refractivity contribution is 6.31. The second-order valence-corrected chi connectivity index (χ2v) is 19.9. The number of anilines is 3. The van der Waals surface area contributed by atoms with Gasteiger partial charge in [-0.05, 0) is 110 Å². The van der Waals surface area contributed by atoms with Crippen molar-refractivity contribution in [1.29, 1.82) is 5.26 Å². The van der Waals surface area contributed by atoms with Gasteiger partial charge in [-0.25, -0.2) is 13.8 Å². The molecule has 1 aromatic heterocycles. The number of methoxy groups -OCH3 is 1. The maximum absolute atomic E-state index is 16.2. The molecule has 1 unspecified atom stereocenters. The molecule has 2 amide bonds. The number of halogens is 4. The van der Waals surface area contributed by atoms with E-state index in [-0.39, 0.29) is 81.7 Å². The Morgan fingerprint density at radius 2 is 1.68 bits per heavy atom. The first kappa shape index (κ1) is 56.4. The van der Waals surface area contributed by atoms with Crippen molar-refractivity contribution in [2.75, 3.05) is 50.3 Å². The van der Waals surface area contributed by atoms with Gasteiger partial charge in [0.2, 0.25) is 11.9 Å². The summed E-state index contributed by atoms with van der Waals surface area (Å²) in [5.74, 6) is -2.99. The number of nitrogens with two attached hydrogens (primary N) is 2. The fraction of sp³-hybridized carbons (Fsp3) is 0.407. The van der Waals surface area contributed by atoms with Crippen molar-refractivity contribution < 1.29 is 47.2 Å². The Balaban J connectivity index is 1.04. The van der Waals surface area contributed by atoms with Crippen molar-refractivity contribution in [1.82, 2.24) is 20.6 Å². The Kier molecular flexibility index (Phi) is 19.3. The average Bonchev–Trinajstić information content (AvgIpc) is 3.67. The van der Waals surface area contributed by atoms with Crippen LogP contribution in [0.1, 0.15) is 105 Å². The summed E-state index contributed by atoms with van der Waals surface area (Å²) < 4.78 is 55.7. The van der Waals surface area contributed by atoms with Gasteiger partial charge in [-0.3, -0.25) is 14.4 Å². The second-order valence-electron chi connectivity index (χ2n) is 19.1. The smallest absolute Gasteiger partial charge is 0.303 e. The van der Waals surface area contributed by atoms with Gasteiger partial charge in [0, 0.05) is 47.5 Å². The highest BCUT2D eigenvalue weighted by atomic mass is 35.5. The Morgan fingerprint density at radius 3 is 2.38 bits per heavy atom. The number of aliphatic carboxylic acids is 1. The maximum atomic E-state index is 16.2. The predicted molar refractivity (Wildman–Crippen MR) is 279 cm³/mol. The molecule has 16 nitrogen and oxygen atoms in total. The number of aryl methyl sites for hydroxylation is 2. The number of hydrogen-bond acceptors (Lipinski definition) is 13. The number of hydrogen-bond donors (Lipinski definition) is 6. The molecule has 0 saturated carbocycles. The Bertz CT molecular complexity index is 2860. The molecule has 394 valence electrons. The van der Waals surface area contributed by atoms with Gasteiger partial charge in [0.05, 0.1) is 55.4 Å². The Labute approximate surface area is 439 Å². The van der Waals surface area contributed by atoms with Crippen LogP contribution in [0.4, 0.5) is 26.2 Å². The minimum atomic E-state index is -1.82. The first-order valence-corrected chi connectivity index (χ1v) is 25.0. The first-order valence-electron chi connectivity index (χ1n) is 24.3. The summed E-state index contributed by atoms with van der Waals surface area (Å²) in [7, 11) is 1.38. The normalized spacial score (nSPS) is 17.3. The van der Waals surface area contributed by atoms with Crippen LogP contribution in [0, 0.1) is 28.4 Å². The van der Waals surface area contributed by atoms with Crippen LogP contribution < -0.4 is 46.4 Å². The number of carbonyl (C=O) groups excluding carboxylic acids is 2. The van der Waals surface area contributed by atoms with E-state index in [0.717, 1.165) is 12.5 Å². The standard InChI is InChI=1S/C54H62Cl2F2N8O8/c1-6-39-48(49(60)66-52(61)64-39)74-25-11-24-73-41-20-17-34(26-31(41)15-21-44(67)68)72-23-9-7-8-22-62-50(69)32-14-19-40(42(27-32)71-5)63-51(70)47-45(35-12-10-13-37(56)46(35)58)54(30-59,43(65-47)29-53(2,3)4)36-18-16-33(55)28-38(36)57/h10,12-14,16-20,26-28,43,45,47,65H,6-9,11,15,21-25,29H2,1-5H3,(H,62,69)(H,63,70)(H,67,68)(H4,60,61,64,66)/t43-,45-,47?,54-/m0/s1. The molecule has 1 fully saturated rings. The second kappa shape index (κ2) is 25.3. The predicted octanol–water partition coefficient (Wildman–Crippen LogP) is 9.60. The molecule has 1 aliphatic heterocycles. The number of nitrogens with zero attached hydrogens (tertiary/aromatic N) is 3. The number of unbranched alkanes of at least 4 members (excludes halogenated alkanes) is 2. The van der Waals surface area contributed by atoms with E-state index >= 15 is 8.78 Å². The Hall–Kier alpha value is -6.94. The van der Waals surface area contributed by atoms with Gasteiger partial charge in [0.15, 0.2) is 11.6 Å². The molecule has 20 heteroatoms. The molecule has 0 bridgehead atoms. The zero-order chi connectivity index (χ0) is 53.7. The summed E-state index contributed by atoms with van der Waals surface area (Å²) in [6.07, 6.45) is 3.54. The molecule has 0 radical (unpaired) electrons. The number of amides is 2. The summed E-state index contributed by atoms with van der Waals surface area (Å²) >= 11 is 12.5. The molecule has 1 aliphatic rings. The van der Waals surface area contributed by atoms with Crippen LogP contribution in [0.15, 0.2) is 72.8 Å². The average molecular weight is 1060 g/mol. The quantitative estimate of drug-likeness (QED) is 0.0315. The number of carbonyl (C=O) groups is 3. The number of carboxylic acids is 1. The molecule has 6 rings (SSSR count). The fourth-order valence-electron chi connectivity index (χ4n) is 9.17. The fourth-order valence-corrected chi connectivity index (χ4v) is 9.51. The van der Waals surface area contributed by atoms with Crippen LogP contribution in [0.2, 0.25) is 10.0 Å². The molecule has 5 aromatic rings. The third-order valence-electron chi connectivity index (χ3n) is 12.6. The van der Waals surface area contributed by atoms with E-state index in [1.54, 1.807) is 18.2 Å². The number of carboxylic acid groups (broad SMARTS) is 1. The highest BCUT2D eigenvalue weighted by Gasteiger charge is 2.61. The molecule has 4 aromatic carbocycles. The molecule has 8 N–H and O–H groups in total. The lowest BCUT2D eigenvalue weighted by Gasteiger charge is -2.37.